The Morgan fingerprint density at radius 1 is 0.900 bits per heavy atom. The Hall–Kier alpha value is -0.790. The minimum Gasteiger partial charge on any atom is -0.465 e. The van der Waals surface area contributed by atoms with Crippen LogP contribution in [0.2, 0.25) is 0 Å². The predicted molar refractivity (Wildman–Crippen MR) is 84.7 cm³/mol. The van der Waals surface area contributed by atoms with Gasteiger partial charge in [-0.3, -0.25) is 4.79 Å². The second kappa shape index (κ2) is 12.0. The van der Waals surface area contributed by atoms with E-state index in [1.54, 1.807) is 0 Å². The molecule has 1 unspecified atom stereocenters. The van der Waals surface area contributed by atoms with Gasteiger partial charge in [0.05, 0.1) is 6.61 Å². The average Bonchev–Trinajstić information content (AvgIpc) is 2.44. The fourth-order valence-electron chi connectivity index (χ4n) is 2.60. The van der Waals surface area contributed by atoms with Gasteiger partial charge in [0.2, 0.25) is 0 Å². The van der Waals surface area contributed by atoms with Gasteiger partial charge >= 0.3 is 5.97 Å². The first kappa shape index (κ1) is 17.3. The lowest BCUT2D eigenvalue weighted by Gasteiger charge is -2.11. The zero-order chi connectivity index (χ0) is 14.5. The Balaban J connectivity index is 2.26. The van der Waals surface area contributed by atoms with Crippen molar-refractivity contribution in [2.45, 2.75) is 84.0 Å². The number of hydrogen-bond donors (Lipinski definition) is 0. The largest absolute Gasteiger partial charge is 0.465 e. The van der Waals surface area contributed by atoms with E-state index in [0.717, 1.165) is 19.3 Å². The van der Waals surface area contributed by atoms with Gasteiger partial charge in [0.15, 0.2) is 0 Å². The van der Waals surface area contributed by atoms with Crippen molar-refractivity contribution in [2.24, 2.45) is 5.92 Å². The first-order valence-corrected chi connectivity index (χ1v) is 8.59. The third kappa shape index (κ3) is 10.1. The van der Waals surface area contributed by atoms with Crippen molar-refractivity contribution in [1.82, 2.24) is 0 Å². The number of rotatable bonds is 0. The van der Waals surface area contributed by atoms with Crippen LogP contribution < -0.4 is 0 Å². The first-order valence-electron chi connectivity index (χ1n) is 8.59. The second-order valence-corrected chi connectivity index (χ2v) is 6.20. The predicted octanol–water partition coefficient (Wildman–Crippen LogP) is 5.42. The van der Waals surface area contributed by atoms with Crippen LogP contribution in [0.15, 0.2) is 12.2 Å². The van der Waals surface area contributed by atoms with Crippen LogP contribution in [0.3, 0.4) is 0 Å². The van der Waals surface area contributed by atoms with Gasteiger partial charge in [-0.1, -0.05) is 57.6 Å². The summed E-state index contributed by atoms with van der Waals surface area (Å²) < 4.78 is 5.34. The highest BCUT2D eigenvalue weighted by molar-refractivity contribution is 5.69. The van der Waals surface area contributed by atoms with Crippen molar-refractivity contribution in [1.29, 1.82) is 0 Å². The standard InChI is InChI=1S/C18H32O2/c1-17-14-12-10-8-6-4-2-3-5-7-9-11-13-15-18(19)20-16-17/h8,10,17H,2-7,9,11-16H2,1H3/b10-8+. The van der Waals surface area contributed by atoms with Crippen LogP contribution in [-0.4, -0.2) is 12.6 Å². The van der Waals surface area contributed by atoms with E-state index in [0.29, 0.717) is 18.9 Å². The molecule has 0 saturated carbocycles. The van der Waals surface area contributed by atoms with Gasteiger partial charge in [0, 0.05) is 6.42 Å². The lowest BCUT2D eigenvalue weighted by atomic mass is 10.0. The van der Waals surface area contributed by atoms with E-state index in [9.17, 15) is 4.79 Å². The van der Waals surface area contributed by atoms with Crippen LogP contribution in [0.5, 0.6) is 0 Å². The van der Waals surface area contributed by atoms with Gasteiger partial charge in [-0.25, -0.2) is 0 Å². The first-order chi connectivity index (χ1) is 9.79. The lowest BCUT2D eigenvalue weighted by Crippen LogP contribution is -2.11. The highest BCUT2D eigenvalue weighted by Gasteiger charge is 2.07. The van der Waals surface area contributed by atoms with E-state index in [1.165, 1.54) is 51.4 Å². The van der Waals surface area contributed by atoms with E-state index >= 15 is 0 Å². The Labute approximate surface area is 125 Å². The molecule has 0 bridgehead atoms. The molecule has 2 nitrogen and oxygen atoms in total. The summed E-state index contributed by atoms with van der Waals surface area (Å²) in [6.07, 6.45) is 18.9. The maximum absolute atomic E-state index is 11.6. The van der Waals surface area contributed by atoms with Crippen LogP contribution in [0.1, 0.15) is 84.0 Å². The summed E-state index contributed by atoms with van der Waals surface area (Å²) in [5.41, 5.74) is 0. The van der Waals surface area contributed by atoms with Crippen LogP contribution in [-0.2, 0) is 9.53 Å². The molecule has 0 aromatic rings. The van der Waals surface area contributed by atoms with Crippen molar-refractivity contribution in [2.75, 3.05) is 6.61 Å². The monoisotopic (exact) mass is 280 g/mol. The molecule has 0 amide bonds. The maximum Gasteiger partial charge on any atom is 0.305 e. The summed E-state index contributed by atoms with van der Waals surface area (Å²) in [6, 6.07) is 0. The molecule has 0 saturated heterocycles. The number of ether oxygens (including phenoxy) is 1. The van der Waals surface area contributed by atoms with E-state index in [1.807, 2.05) is 0 Å². The molecule has 0 N–H and O–H groups in total. The van der Waals surface area contributed by atoms with Gasteiger partial charge in [-0.2, -0.15) is 0 Å². The number of esters is 1. The van der Waals surface area contributed by atoms with Gasteiger partial charge in [-0.05, 0) is 38.0 Å². The minimum absolute atomic E-state index is 0.00601. The number of hydrogen-bond acceptors (Lipinski definition) is 2. The summed E-state index contributed by atoms with van der Waals surface area (Å²) in [4.78, 5) is 11.6. The normalized spacial score (nSPS) is 27.1. The molecule has 1 heterocycles. The molecule has 2 heteroatoms. The number of carbonyl (C=O) groups is 1. The zero-order valence-corrected chi connectivity index (χ0v) is 13.2. The molecule has 0 fully saturated rings. The summed E-state index contributed by atoms with van der Waals surface area (Å²) in [5.74, 6) is 0.469. The van der Waals surface area contributed by atoms with Crippen LogP contribution in [0.4, 0.5) is 0 Å². The average molecular weight is 280 g/mol. The summed E-state index contributed by atoms with van der Waals surface area (Å²) in [7, 11) is 0. The Morgan fingerprint density at radius 2 is 1.50 bits per heavy atom. The highest BCUT2D eigenvalue weighted by Crippen LogP contribution is 2.13. The fraction of sp³-hybridized carbons (Fsp3) is 0.833. The Bertz CT molecular complexity index is 271. The summed E-state index contributed by atoms with van der Waals surface area (Å²) >= 11 is 0. The topological polar surface area (TPSA) is 26.3 Å². The SMILES string of the molecule is CC1CC/C=C/CCCCCCCCCCC(=O)OC1. The minimum atomic E-state index is -0.00601. The van der Waals surface area contributed by atoms with Crippen LogP contribution in [0.25, 0.3) is 0 Å². The molecular weight excluding hydrogens is 248 g/mol. The van der Waals surface area contributed by atoms with E-state index in [2.05, 4.69) is 19.1 Å². The van der Waals surface area contributed by atoms with Gasteiger partial charge in [0.1, 0.15) is 0 Å². The van der Waals surface area contributed by atoms with E-state index in [4.69, 9.17) is 4.74 Å². The molecule has 0 aliphatic carbocycles. The van der Waals surface area contributed by atoms with Crippen molar-refractivity contribution >= 4 is 5.97 Å². The van der Waals surface area contributed by atoms with Crippen molar-refractivity contribution < 1.29 is 9.53 Å². The van der Waals surface area contributed by atoms with E-state index in [-0.39, 0.29) is 5.97 Å². The molecule has 1 rings (SSSR count). The summed E-state index contributed by atoms with van der Waals surface area (Å²) in [6.45, 7) is 2.76. The number of cyclic esters (lactones) is 1. The molecule has 0 aromatic heterocycles. The quantitative estimate of drug-likeness (QED) is 0.437. The molecule has 116 valence electrons. The molecule has 1 aliphatic heterocycles. The fourth-order valence-corrected chi connectivity index (χ4v) is 2.60. The number of carbonyl (C=O) groups excluding carboxylic acids is 1. The van der Waals surface area contributed by atoms with Crippen molar-refractivity contribution in [3.63, 3.8) is 0 Å². The molecule has 1 atom stereocenters. The molecule has 0 spiro atoms. The van der Waals surface area contributed by atoms with Crippen LogP contribution in [0, 0.1) is 5.92 Å². The smallest absolute Gasteiger partial charge is 0.305 e. The highest BCUT2D eigenvalue weighted by atomic mass is 16.5. The zero-order valence-electron chi connectivity index (χ0n) is 13.2. The molecular formula is C18H32O2. The van der Waals surface area contributed by atoms with Gasteiger partial charge < -0.3 is 4.74 Å². The Kier molecular flexibility index (Phi) is 10.3. The molecule has 1 aliphatic rings. The van der Waals surface area contributed by atoms with Crippen LogP contribution >= 0.6 is 0 Å². The Morgan fingerprint density at radius 3 is 2.25 bits per heavy atom. The molecule has 0 radical (unpaired) electrons. The van der Waals surface area contributed by atoms with Crippen molar-refractivity contribution in [3.05, 3.63) is 12.2 Å². The summed E-state index contributed by atoms with van der Waals surface area (Å²) in [5, 5.41) is 0. The van der Waals surface area contributed by atoms with Gasteiger partial charge in [0.25, 0.3) is 0 Å². The van der Waals surface area contributed by atoms with E-state index < -0.39 is 0 Å². The maximum atomic E-state index is 11.6. The second-order valence-electron chi connectivity index (χ2n) is 6.20. The number of allylic oxidation sites excluding steroid dienone is 2. The third-order valence-electron chi connectivity index (χ3n) is 4.02. The molecule has 0 aromatic carbocycles. The molecule has 20 heavy (non-hydrogen) atoms. The third-order valence-corrected chi connectivity index (χ3v) is 4.02. The van der Waals surface area contributed by atoms with Crippen molar-refractivity contribution in [3.8, 4) is 0 Å². The van der Waals surface area contributed by atoms with Gasteiger partial charge in [-0.15, -0.1) is 0 Å². The lowest BCUT2D eigenvalue weighted by molar-refractivity contribution is -0.145.